The fraction of sp³-hybridized carbons (Fsp3) is 0.167. The number of rotatable bonds is 2. The van der Waals surface area contributed by atoms with Gasteiger partial charge in [0.15, 0.2) is 5.43 Å². The Balaban J connectivity index is 2.73. The van der Waals surface area contributed by atoms with Crippen LogP contribution in [-0.4, -0.2) is 16.0 Å². The summed E-state index contributed by atoms with van der Waals surface area (Å²) in [6.45, 7) is 1.38. The molecular formula is C12H10O5. The topological polar surface area (TPSA) is 87.7 Å². The Morgan fingerprint density at radius 2 is 2.00 bits per heavy atom. The van der Waals surface area contributed by atoms with Crippen molar-refractivity contribution < 1.29 is 19.4 Å². The number of fused-ring (bicyclic) bond motifs is 1. The largest absolute Gasteiger partial charge is 0.508 e. The molecule has 88 valence electrons. The molecule has 1 heterocycles. The summed E-state index contributed by atoms with van der Waals surface area (Å²) in [5, 5.41) is 18.8. The zero-order valence-electron chi connectivity index (χ0n) is 9.06. The summed E-state index contributed by atoms with van der Waals surface area (Å²) in [6, 6.07) is 3.45. The standard InChI is InChI=1S/C12H10O5/c1-6(13)2-8-5-10(16)12-9(15)3-7(14)4-11(12)17-8/h3-5,14-15H,2H2,1H3. The van der Waals surface area contributed by atoms with E-state index >= 15 is 0 Å². The van der Waals surface area contributed by atoms with Crippen molar-refractivity contribution in [3.05, 3.63) is 34.2 Å². The lowest BCUT2D eigenvalue weighted by atomic mass is 10.1. The van der Waals surface area contributed by atoms with Crippen LogP contribution in [0.1, 0.15) is 12.7 Å². The van der Waals surface area contributed by atoms with Gasteiger partial charge in [-0.1, -0.05) is 0 Å². The van der Waals surface area contributed by atoms with Gasteiger partial charge in [0.25, 0.3) is 0 Å². The summed E-state index contributed by atoms with van der Waals surface area (Å²) in [5.74, 6) is -0.488. The Bertz CT molecular complexity index is 654. The molecule has 0 amide bonds. The molecule has 0 unspecified atom stereocenters. The van der Waals surface area contributed by atoms with E-state index in [-0.39, 0.29) is 40.4 Å². The lowest BCUT2D eigenvalue weighted by molar-refractivity contribution is -0.116. The Morgan fingerprint density at radius 1 is 1.29 bits per heavy atom. The van der Waals surface area contributed by atoms with Gasteiger partial charge >= 0.3 is 0 Å². The second kappa shape index (κ2) is 3.93. The zero-order chi connectivity index (χ0) is 12.6. The van der Waals surface area contributed by atoms with Gasteiger partial charge in [-0.15, -0.1) is 0 Å². The second-order valence-corrected chi connectivity index (χ2v) is 3.79. The molecule has 1 aromatic heterocycles. The van der Waals surface area contributed by atoms with Crippen LogP contribution in [0.3, 0.4) is 0 Å². The first-order valence-electron chi connectivity index (χ1n) is 4.95. The van der Waals surface area contributed by atoms with Crippen LogP contribution in [0.25, 0.3) is 11.0 Å². The van der Waals surface area contributed by atoms with Gasteiger partial charge in [-0.3, -0.25) is 9.59 Å². The monoisotopic (exact) mass is 234 g/mol. The van der Waals surface area contributed by atoms with Crippen LogP contribution in [0.15, 0.2) is 27.4 Å². The van der Waals surface area contributed by atoms with Crippen molar-refractivity contribution in [3.8, 4) is 11.5 Å². The van der Waals surface area contributed by atoms with Crippen LogP contribution in [0, 0.1) is 0 Å². The number of hydrogen-bond acceptors (Lipinski definition) is 5. The lowest BCUT2D eigenvalue weighted by Crippen LogP contribution is -2.05. The molecule has 0 saturated carbocycles. The van der Waals surface area contributed by atoms with Crippen molar-refractivity contribution in [1.29, 1.82) is 0 Å². The number of aromatic hydroxyl groups is 2. The van der Waals surface area contributed by atoms with E-state index < -0.39 is 5.43 Å². The second-order valence-electron chi connectivity index (χ2n) is 3.79. The Kier molecular flexibility index (Phi) is 2.59. The first-order valence-corrected chi connectivity index (χ1v) is 4.95. The highest BCUT2D eigenvalue weighted by molar-refractivity contribution is 5.85. The minimum atomic E-state index is -0.444. The first-order chi connectivity index (χ1) is 7.97. The molecule has 0 bridgehead atoms. The van der Waals surface area contributed by atoms with Gasteiger partial charge in [0, 0.05) is 18.2 Å². The molecule has 0 spiro atoms. The number of carbonyl (C=O) groups is 1. The predicted molar refractivity (Wildman–Crippen MR) is 60.2 cm³/mol. The summed E-state index contributed by atoms with van der Waals surface area (Å²) in [4.78, 5) is 22.6. The van der Waals surface area contributed by atoms with E-state index in [0.29, 0.717) is 0 Å². The molecule has 1 aromatic carbocycles. The predicted octanol–water partition coefficient (Wildman–Crippen LogP) is 1.34. The molecule has 5 nitrogen and oxygen atoms in total. The third kappa shape index (κ3) is 2.13. The Morgan fingerprint density at radius 3 is 2.65 bits per heavy atom. The maximum absolute atomic E-state index is 11.7. The van der Waals surface area contributed by atoms with Crippen LogP contribution >= 0.6 is 0 Å². The van der Waals surface area contributed by atoms with E-state index in [1.165, 1.54) is 19.1 Å². The highest BCUT2D eigenvalue weighted by Gasteiger charge is 2.11. The molecule has 17 heavy (non-hydrogen) atoms. The van der Waals surface area contributed by atoms with Crippen molar-refractivity contribution >= 4 is 16.8 Å². The van der Waals surface area contributed by atoms with Gasteiger partial charge in [-0.25, -0.2) is 0 Å². The average molecular weight is 234 g/mol. The van der Waals surface area contributed by atoms with Crippen LogP contribution in [-0.2, 0) is 11.2 Å². The van der Waals surface area contributed by atoms with Crippen LogP contribution in [0.5, 0.6) is 11.5 Å². The SMILES string of the molecule is CC(=O)Cc1cc(=O)c2c(O)cc(O)cc2o1. The average Bonchev–Trinajstić information content (AvgIpc) is 2.13. The quantitative estimate of drug-likeness (QED) is 0.818. The van der Waals surface area contributed by atoms with Gasteiger partial charge in [-0.05, 0) is 6.92 Å². The molecule has 0 radical (unpaired) electrons. The van der Waals surface area contributed by atoms with Gasteiger partial charge in [0.05, 0.1) is 6.42 Å². The number of ketones is 1. The molecule has 2 aromatic rings. The maximum Gasteiger partial charge on any atom is 0.196 e. The minimum absolute atomic E-state index is 0.00159. The fourth-order valence-corrected chi connectivity index (χ4v) is 1.64. The number of benzene rings is 1. The summed E-state index contributed by atoms with van der Waals surface area (Å²) >= 11 is 0. The van der Waals surface area contributed by atoms with Crippen molar-refractivity contribution in [2.24, 2.45) is 0 Å². The number of carbonyl (C=O) groups excluding carboxylic acids is 1. The van der Waals surface area contributed by atoms with Crippen molar-refractivity contribution in [2.45, 2.75) is 13.3 Å². The minimum Gasteiger partial charge on any atom is -0.508 e. The summed E-state index contributed by atoms with van der Waals surface area (Å²) in [5.41, 5.74) is -0.383. The molecule has 2 rings (SSSR count). The Hall–Kier alpha value is -2.30. The lowest BCUT2D eigenvalue weighted by Gasteiger charge is -2.03. The molecule has 0 fully saturated rings. The summed E-state index contributed by atoms with van der Waals surface area (Å²) in [7, 11) is 0. The number of hydrogen-bond donors (Lipinski definition) is 2. The third-order valence-corrected chi connectivity index (χ3v) is 2.27. The smallest absolute Gasteiger partial charge is 0.196 e. The van der Waals surface area contributed by atoms with Crippen LogP contribution < -0.4 is 5.43 Å². The highest BCUT2D eigenvalue weighted by Crippen LogP contribution is 2.27. The first kappa shape index (κ1) is 11.2. The van der Waals surface area contributed by atoms with E-state index in [0.717, 1.165) is 6.07 Å². The molecule has 0 aliphatic heterocycles. The summed E-state index contributed by atoms with van der Waals surface area (Å²) in [6.07, 6.45) is 0.00159. The van der Waals surface area contributed by atoms with Crippen molar-refractivity contribution in [1.82, 2.24) is 0 Å². The maximum atomic E-state index is 11.7. The van der Waals surface area contributed by atoms with Crippen molar-refractivity contribution in [2.75, 3.05) is 0 Å². The van der Waals surface area contributed by atoms with E-state index in [4.69, 9.17) is 4.42 Å². The van der Waals surface area contributed by atoms with E-state index in [1.807, 2.05) is 0 Å². The third-order valence-electron chi connectivity index (χ3n) is 2.27. The normalized spacial score (nSPS) is 10.6. The molecule has 5 heteroatoms. The molecule has 0 aliphatic rings. The van der Waals surface area contributed by atoms with Gasteiger partial charge in [-0.2, -0.15) is 0 Å². The molecule has 0 saturated heterocycles. The van der Waals surface area contributed by atoms with Gasteiger partial charge < -0.3 is 14.6 Å². The Labute approximate surface area is 95.9 Å². The van der Waals surface area contributed by atoms with Gasteiger partial charge in [0.2, 0.25) is 0 Å². The number of phenolic OH excluding ortho intramolecular Hbond substituents is 2. The van der Waals surface area contributed by atoms with E-state index in [1.54, 1.807) is 0 Å². The van der Waals surface area contributed by atoms with E-state index in [9.17, 15) is 19.8 Å². The van der Waals surface area contributed by atoms with E-state index in [2.05, 4.69) is 0 Å². The summed E-state index contributed by atoms with van der Waals surface area (Å²) < 4.78 is 5.27. The number of Topliss-reactive ketones (excluding diaryl/α,β-unsaturated/α-hetero) is 1. The fourth-order valence-electron chi connectivity index (χ4n) is 1.64. The van der Waals surface area contributed by atoms with Crippen molar-refractivity contribution in [3.63, 3.8) is 0 Å². The molecule has 0 atom stereocenters. The number of phenols is 2. The van der Waals surface area contributed by atoms with Gasteiger partial charge in [0.1, 0.15) is 34.0 Å². The van der Waals surface area contributed by atoms with Crippen LogP contribution in [0.4, 0.5) is 0 Å². The van der Waals surface area contributed by atoms with Crippen LogP contribution in [0.2, 0.25) is 0 Å². The molecule has 2 N–H and O–H groups in total. The molecular weight excluding hydrogens is 224 g/mol. The highest BCUT2D eigenvalue weighted by atomic mass is 16.3. The molecule has 0 aliphatic carbocycles. The zero-order valence-corrected chi connectivity index (χ0v) is 9.06.